The monoisotopic (exact) mass is 398 g/mol. The second-order valence-corrected chi connectivity index (χ2v) is 7.61. The molecule has 0 aliphatic rings. The van der Waals surface area contributed by atoms with Crippen LogP contribution in [0.4, 0.5) is 0 Å². The molecule has 30 heavy (non-hydrogen) atoms. The molecule has 0 saturated carbocycles. The van der Waals surface area contributed by atoms with Crippen LogP contribution in [0, 0.1) is 0 Å². The summed E-state index contributed by atoms with van der Waals surface area (Å²) in [7, 11) is 4.16. The van der Waals surface area contributed by atoms with Gasteiger partial charge in [0.2, 0.25) is 0 Å². The Kier molecular flexibility index (Phi) is 5.91. The van der Waals surface area contributed by atoms with Crippen LogP contribution in [-0.4, -0.2) is 40.1 Å². The van der Waals surface area contributed by atoms with Gasteiger partial charge in [0.05, 0.1) is 17.1 Å². The van der Waals surface area contributed by atoms with Gasteiger partial charge in [-0.2, -0.15) is 0 Å². The predicted octanol–water partition coefficient (Wildman–Crippen LogP) is 4.52. The van der Waals surface area contributed by atoms with Crippen LogP contribution in [0.2, 0.25) is 0 Å². The molecule has 0 saturated heterocycles. The number of hydrogen-bond acceptors (Lipinski definition) is 3. The van der Waals surface area contributed by atoms with E-state index >= 15 is 0 Å². The smallest absolute Gasteiger partial charge is 0.182 e. The van der Waals surface area contributed by atoms with Crippen molar-refractivity contribution in [1.29, 1.82) is 0 Å². The summed E-state index contributed by atoms with van der Waals surface area (Å²) in [5.74, 6) is 0.782. The molecule has 2 aromatic heterocycles. The van der Waals surface area contributed by atoms with Crippen molar-refractivity contribution in [2.45, 2.75) is 13.0 Å². The van der Waals surface area contributed by atoms with E-state index in [-0.39, 0.29) is 5.43 Å². The number of imidazole rings is 1. The Balaban J connectivity index is 1.95. The molecule has 0 spiro atoms. The fourth-order valence-corrected chi connectivity index (χ4v) is 3.68. The first kappa shape index (κ1) is 19.9. The summed E-state index contributed by atoms with van der Waals surface area (Å²) in [6.45, 7) is 1.77. The lowest BCUT2D eigenvalue weighted by molar-refractivity contribution is 0.387. The lowest BCUT2D eigenvalue weighted by atomic mass is 10.0. The van der Waals surface area contributed by atoms with Crippen LogP contribution in [0.15, 0.2) is 83.8 Å². The summed E-state index contributed by atoms with van der Waals surface area (Å²) < 4.78 is 2.24. The van der Waals surface area contributed by atoms with Crippen molar-refractivity contribution >= 4 is 0 Å². The van der Waals surface area contributed by atoms with Crippen LogP contribution in [0.5, 0.6) is 0 Å². The zero-order chi connectivity index (χ0) is 20.9. The number of aromatic nitrogens is 3. The molecular formula is C25H26N4O. The Bertz CT molecular complexity index is 1160. The lowest BCUT2D eigenvalue weighted by Gasteiger charge is -2.15. The number of nitrogens with one attached hydrogen (secondary N) is 1. The van der Waals surface area contributed by atoms with Crippen LogP contribution in [-0.2, 0) is 6.54 Å². The van der Waals surface area contributed by atoms with Crippen LogP contribution < -0.4 is 5.43 Å². The molecule has 2 aromatic carbocycles. The Labute approximate surface area is 176 Å². The van der Waals surface area contributed by atoms with Gasteiger partial charge in [0, 0.05) is 36.0 Å². The molecular weight excluding hydrogens is 372 g/mol. The fraction of sp³-hybridized carbons (Fsp3) is 0.200. The minimum Gasteiger partial charge on any atom is -0.358 e. The van der Waals surface area contributed by atoms with Crippen LogP contribution >= 0.6 is 0 Å². The van der Waals surface area contributed by atoms with Gasteiger partial charge in [0.25, 0.3) is 0 Å². The van der Waals surface area contributed by atoms with E-state index < -0.39 is 0 Å². The molecule has 0 bridgehead atoms. The summed E-state index contributed by atoms with van der Waals surface area (Å²) in [5.41, 5.74) is 4.85. The maximum atomic E-state index is 12.0. The van der Waals surface area contributed by atoms with Crippen LogP contribution in [0.3, 0.4) is 0 Å². The average Bonchev–Trinajstić information content (AvgIpc) is 3.14. The fourth-order valence-electron chi connectivity index (χ4n) is 3.68. The van der Waals surface area contributed by atoms with Gasteiger partial charge in [-0.25, -0.2) is 4.98 Å². The third kappa shape index (κ3) is 4.26. The molecule has 0 unspecified atom stereocenters. The third-order valence-corrected chi connectivity index (χ3v) is 5.06. The van der Waals surface area contributed by atoms with Crippen molar-refractivity contribution in [3.05, 3.63) is 89.2 Å². The highest BCUT2D eigenvalue weighted by molar-refractivity contribution is 5.81. The van der Waals surface area contributed by atoms with E-state index in [1.54, 1.807) is 12.3 Å². The van der Waals surface area contributed by atoms with Gasteiger partial charge < -0.3 is 14.5 Å². The third-order valence-electron chi connectivity index (χ3n) is 5.06. The van der Waals surface area contributed by atoms with Crippen molar-refractivity contribution in [3.8, 4) is 34.0 Å². The van der Waals surface area contributed by atoms with Gasteiger partial charge in [-0.3, -0.25) is 4.79 Å². The maximum Gasteiger partial charge on any atom is 0.182 e. The van der Waals surface area contributed by atoms with E-state index in [9.17, 15) is 4.79 Å². The minimum atomic E-state index is -0.0332. The summed E-state index contributed by atoms with van der Waals surface area (Å²) in [5, 5.41) is 0. The predicted molar refractivity (Wildman–Crippen MR) is 122 cm³/mol. The average molecular weight is 399 g/mol. The molecule has 2 heterocycles. The van der Waals surface area contributed by atoms with Gasteiger partial charge in [0.1, 0.15) is 0 Å². The van der Waals surface area contributed by atoms with E-state index in [2.05, 4.69) is 52.8 Å². The molecule has 0 radical (unpaired) electrons. The van der Waals surface area contributed by atoms with E-state index in [0.717, 1.165) is 53.5 Å². The Morgan fingerprint density at radius 3 is 2.23 bits per heavy atom. The van der Waals surface area contributed by atoms with Gasteiger partial charge in [-0.15, -0.1) is 0 Å². The topological polar surface area (TPSA) is 53.9 Å². The van der Waals surface area contributed by atoms with Gasteiger partial charge in [-0.05, 0) is 27.1 Å². The van der Waals surface area contributed by atoms with Crippen molar-refractivity contribution in [1.82, 2.24) is 19.4 Å². The van der Waals surface area contributed by atoms with Gasteiger partial charge in [0.15, 0.2) is 11.3 Å². The second kappa shape index (κ2) is 8.93. The molecule has 152 valence electrons. The molecule has 5 nitrogen and oxygen atoms in total. The van der Waals surface area contributed by atoms with E-state index in [1.165, 1.54) is 6.07 Å². The normalized spacial score (nSPS) is 11.2. The summed E-state index contributed by atoms with van der Waals surface area (Å²) in [6.07, 6.45) is 2.66. The summed E-state index contributed by atoms with van der Waals surface area (Å²) in [6, 6.07) is 23.7. The molecule has 0 aliphatic heterocycles. The van der Waals surface area contributed by atoms with Crippen molar-refractivity contribution < 1.29 is 0 Å². The number of benzene rings is 2. The standard InChI is InChI=1S/C25H26N4O/c1-28(2)16-9-17-29-24(20-12-7-4-8-13-20)23(19-10-5-3-6-11-19)27-25(29)22-18-21(30)14-15-26-22/h3-8,10-15,18H,9,16-17H2,1-2H3,(H,26,30). The number of hydrogen-bond donors (Lipinski definition) is 1. The maximum absolute atomic E-state index is 12.0. The summed E-state index contributed by atoms with van der Waals surface area (Å²) >= 11 is 0. The zero-order valence-electron chi connectivity index (χ0n) is 17.4. The number of pyridine rings is 1. The molecule has 4 aromatic rings. The van der Waals surface area contributed by atoms with Gasteiger partial charge in [-0.1, -0.05) is 60.7 Å². The van der Waals surface area contributed by atoms with Crippen LogP contribution in [0.25, 0.3) is 34.0 Å². The highest BCUT2D eigenvalue weighted by Gasteiger charge is 2.21. The van der Waals surface area contributed by atoms with Gasteiger partial charge >= 0.3 is 0 Å². The lowest BCUT2D eigenvalue weighted by Crippen LogP contribution is -2.16. The summed E-state index contributed by atoms with van der Waals surface area (Å²) in [4.78, 5) is 22.5. The molecule has 4 rings (SSSR count). The molecule has 1 N–H and O–H groups in total. The second-order valence-electron chi connectivity index (χ2n) is 7.61. The first-order valence-corrected chi connectivity index (χ1v) is 10.2. The molecule has 0 amide bonds. The van der Waals surface area contributed by atoms with Crippen molar-refractivity contribution in [3.63, 3.8) is 0 Å². The first-order valence-electron chi connectivity index (χ1n) is 10.2. The Morgan fingerprint density at radius 2 is 1.60 bits per heavy atom. The highest BCUT2D eigenvalue weighted by Crippen LogP contribution is 2.35. The largest absolute Gasteiger partial charge is 0.358 e. The SMILES string of the molecule is CN(C)CCCn1c(-c2cc(=O)cc[nH]2)nc(-c2ccccc2)c1-c1ccccc1. The Morgan fingerprint density at radius 1 is 0.933 bits per heavy atom. The molecule has 5 heteroatoms. The molecule has 0 atom stereocenters. The molecule has 0 fully saturated rings. The van der Waals surface area contributed by atoms with Crippen molar-refractivity contribution in [2.24, 2.45) is 0 Å². The number of H-pyrrole nitrogens is 1. The van der Waals surface area contributed by atoms with E-state index in [4.69, 9.17) is 4.98 Å². The number of nitrogens with zero attached hydrogens (tertiary/aromatic N) is 3. The highest BCUT2D eigenvalue weighted by atomic mass is 16.1. The van der Waals surface area contributed by atoms with E-state index in [1.807, 2.05) is 36.4 Å². The number of rotatable bonds is 7. The first-order chi connectivity index (χ1) is 14.6. The molecule has 0 aliphatic carbocycles. The number of aromatic amines is 1. The Hall–Kier alpha value is -3.44. The quantitative estimate of drug-likeness (QED) is 0.498. The van der Waals surface area contributed by atoms with Crippen LogP contribution in [0.1, 0.15) is 6.42 Å². The van der Waals surface area contributed by atoms with Crippen molar-refractivity contribution in [2.75, 3.05) is 20.6 Å². The minimum absolute atomic E-state index is 0.0332. The van der Waals surface area contributed by atoms with E-state index in [0.29, 0.717) is 0 Å². The zero-order valence-corrected chi connectivity index (χ0v) is 17.4.